The Hall–Kier alpha value is -3.86. The van der Waals surface area contributed by atoms with E-state index in [0.717, 1.165) is 0 Å². The van der Waals surface area contributed by atoms with Gasteiger partial charge in [0.25, 0.3) is 5.91 Å². The molecule has 2 N–H and O–H groups in total. The third-order valence-electron chi connectivity index (χ3n) is 4.25. The number of hydrogen-bond acceptors (Lipinski definition) is 9. The Morgan fingerprint density at radius 3 is 2.56 bits per heavy atom. The number of thioether (sulfide) groups is 1. The zero-order valence-corrected chi connectivity index (χ0v) is 19.5. The van der Waals surface area contributed by atoms with Crippen LogP contribution in [0.3, 0.4) is 0 Å². The lowest BCUT2D eigenvalue weighted by molar-refractivity contribution is -0.118. The van der Waals surface area contributed by atoms with E-state index in [4.69, 9.17) is 14.2 Å². The van der Waals surface area contributed by atoms with Gasteiger partial charge in [-0.3, -0.25) is 9.59 Å². The van der Waals surface area contributed by atoms with E-state index in [1.165, 1.54) is 18.0 Å². The minimum atomic E-state index is -0.419. The molecule has 2 aromatic carbocycles. The van der Waals surface area contributed by atoms with E-state index in [-0.39, 0.29) is 18.4 Å². The third kappa shape index (κ3) is 7.34. The Kier molecular flexibility index (Phi) is 9.04. The van der Waals surface area contributed by atoms with Gasteiger partial charge in [-0.25, -0.2) is 4.79 Å². The molecule has 2 amide bonds. The third-order valence-corrected chi connectivity index (χ3v) is 5.11. The molecule has 1 aliphatic heterocycles. The summed E-state index contributed by atoms with van der Waals surface area (Å²) in [5.41, 5.74) is 1.64. The second kappa shape index (κ2) is 12.4. The van der Waals surface area contributed by atoms with Crippen LogP contribution in [0, 0.1) is 0 Å². The zero-order valence-electron chi connectivity index (χ0n) is 18.7. The van der Waals surface area contributed by atoms with Gasteiger partial charge in [-0.1, -0.05) is 11.8 Å². The molecule has 0 aromatic heterocycles. The lowest BCUT2D eigenvalue weighted by Crippen LogP contribution is -2.20. The summed E-state index contributed by atoms with van der Waals surface area (Å²) >= 11 is 1.29. The number of hydrogen-bond donors (Lipinski definition) is 2. The molecule has 0 atom stereocenters. The zero-order chi connectivity index (χ0) is 24.3. The van der Waals surface area contributed by atoms with Gasteiger partial charge in [0.2, 0.25) is 5.91 Å². The van der Waals surface area contributed by atoms with Crippen LogP contribution in [0.1, 0.15) is 29.8 Å². The normalized spacial score (nSPS) is 14.2. The first-order valence-corrected chi connectivity index (χ1v) is 11.5. The molecule has 0 unspecified atom stereocenters. The van der Waals surface area contributed by atoms with E-state index in [1.807, 2.05) is 6.92 Å². The number of ether oxygens (including phenoxy) is 3. The second-order valence-electron chi connectivity index (χ2n) is 6.76. The summed E-state index contributed by atoms with van der Waals surface area (Å²) in [5.74, 6) is 0.297. The number of benzene rings is 2. The standard InChI is InChI=1S/C23H24N4O6S/c1-3-31-19-11-15(12-24-27-23-26-21(29)14-34-23)5-10-18(19)33-13-20(28)25-17-8-6-16(7-9-17)22(30)32-4-2/h5-12H,3-4,13-14H2,1-2H3,(H,25,28)(H,26,27,29). The average Bonchev–Trinajstić information content (AvgIpc) is 3.24. The summed E-state index contributed by atoms with van der Waals surface area (Å²) in [6.07, 6.45) is 1.52. The number of nitrogens with one attached hydrogen (secondary N) is 2. The first-order valence-electron chi connectivity index (χ1n) is 10.5. The summed E-state index contributed by atoms with van der Waals surface area (Å²) in [4.78, 5) is 35.2. The molecule has 1 saturated heterocycles. The largest absolute Gasteiger partial charge is 0.490 e. The highest BCUT2D eigenvalue weighted by atomic mass is 32.2. The van der Waals surface area contributed by atoms with Crippen LogP contribution in [0.2, 0.25) is 0 Å². The van der Waals surface area contributed by atoms with Crippen LogP contribution in [-0.4, -0.2) is 54.7 Å². The molecule has 2 aromatic rings. The van der Waals surface area contributed by atoms with Gasteiger partial charge in [0.15, 0.2) is 23.3 Å². The molecule has 1 fully saturated rings. The number of amides is 2. The maximum atomic E-state index is 12.3. The molecule has 0 aliphatic carbocycles. The summed E-state index contributed by atoms with van der Waals surface area (Å²) in [6.45, 7) is 4.03. The smallest absolute Gasteiger partial charge is 0.338 e. The van der Waals surface area contributed by atoms with Crippen molar-refractivity contribution in [3.8, 4) is 11.5 Å². The highest BCUT2D eigenvalue weighted by molar-refractivity contribution is 8.15. The lowest BCUT2D eigenvalue weighted by Gasteiger charge is -2.12. The Morgan fingerprint density at radius 2 is 1.88 bits per heavy atom. The van der Waals surface area contributed by atoms with Gasteiger partial charge in [0, 0.05) is 5.69 Å². The van der Waals surface area contributed by atoms with Crippen molar-refractivity contribution in [2.24, 2.45) is 10.2 Å². The number of anilines is 1. The summed E-state index contributed by atoms with van der Waals surface area (Å²) in [5, 5.41) is 13.7. The van der Waals surface area contributed by atoms with Crippen LogP contribution in [0.25, 0.3) is 0 Å². The van der Waals surface area contributed by atoms with E-state index < -0.39 is 5.97 Å². The number of carbonyl (C=O) groups is 3. The average molecular weight is 485 g/mol. The van der Waals surface area contributed by atoms with Crippen molar-refractivity contribution in [1.29, 1.82) is 0 Å². The fourth-order valence-electron chi connectivity index (χ4n) is 2.76. The predicted molar refractivity (Wildman–Crippen MR) is 130 cm³/mol. The van der Waals surface area contributed by atoms with E-state index in [0.29, 0.717) is 52.4 Å². The van der Waals surface area contributed by atoms with Gasteiger partial charge in [-0.05, 0) is 61.9 Å². The number of carbonyl (C=O) groups excluding carboxylic acids is 3. The summed E-state index contributed by atoms with van der Waals surface area (Å²) in [6, 6.07) is 11.5. The lowest BCUT2D eigenvalue weighted by atomic mass is 10.2. The molecule has 10 nitrogen and oxygen atoms in total. The van der Waals surface area contributed by atoms with E-state index in [1.54, 1.807) is 49.4 Å². The van der Waals surface area contributed by atoms with Crippen molar-refractivity contribution < 1.29 is 28.6 Å². The summed E-state index contributed by atoms with van der Waals surface area (Å²) < 4.78 is 16.2. The van der Waals surface area contributed by atoms with E-state index in [9.17, 15) is 14.4 Å². The molecule has 3 rings (SSSR count). The number of nitrogens with zero attached hydrogens (tertiary/aromatic N) is 2. The van der Waals surface area contributed by atoms with Crippen LogP contribution >= 0.6 is 11.8 Å². The first-order chi connectivity index (χ1) is 16.5. The minimum Gasteiger partial charge on any atom is -0.490 e. The molecular formula is C23H24N4O6S. The van der Waals surface area contributed by atoms with Crippen molar-refractivity contribution in [1.82, 2.24) is 5.32 Å². The maximum absolute atomic E-state index is 12.3. The van der Waals surface area contributed by atoms with Gasteiger partial charge in [0.05, 0.1) is 30.7 Å². The maximum Gasteiger partial charge on any atom is 0.338 e. The Morgan fingerprint density at radius 1 is 1.09 bits per heavy atom. The van der Waals surface area contributed by atoms with Crippen LogP contribution < -0.4 is 20.1 Å². The van der Waals surface area contributed by atoms with Crippen LogP contribution in [0.4, 0.5) is 5.69 Å². The molecular weight excluding hydrogens is 460 g/mol. The van der Waals surface area contributed by atoms with Crippen LogP contribution in [0.5, 0.6) is 11.5 Å². The summed E-state index contributed by atoms with van der Waals surface area (Å²) in [7, 11) is 0. The number of rotatable bonds is 10. The van der Waals surface area contributed by atoms with Crippen molar-refractivity contribution >= 4 is 46.6 Å². The molecule has 0 bridgehead atoms. The van der Waals surface area contributed by atoms with Gasteiger partial charge in [0.1, 0.15) is 0 Å². The van der Waals surface area contributed by atoms with Crippen molar-refractivity contribution in [2.45, 2.75) is 13.8 Å². The Labute approximate surface area is 200 Å². The Balaban J connectivity index is 1.57. The molecule has 11 heteroatoms. The van der Waals surface area contributed by atoms with Crippen molar-refractivity contribution in [3.63, 3.8) is 0 Å². The quantitative estimate of drug-likeness (QED) is 0.301. The molecule has 34 heavy (non-hydrogen) atoms. The van der Waals surface area contributed by atoms with Gasteiger partial charge >= 0.3 is 5.97 Å². The fraction of sp³-hybridized carbons (Fsp3) is 0.261. The van der Waals surface area contributed by atoms with Crippen LogP contribution in [-0.2, 0) is 14.3 Å². The highest BCUT2D eigenvalue weighted by Crippen LogP contribution is 2.28. The SMILES string of the molecule is CCOC(=O)c1ccc(NC(=O)COc2ccc(C=NN=C3NC(=O)CS3)cc2OCC)cc1. The van der Waals surface area contributed by atoms with E-state index >= 15 is 0 Å². The van der Waals surface area contributed by atoms with Crippen LogP contribution in [0.15, 0.2) is 52.7 Å². The highest BCUT2D eigenvalue weighted by Gasteiger charge is 2.16. The molecule has 1 aliphatic rings. The number of esters is 1. The predicted octanol–water partition coefficient (Wildman–Crippen LogP) is 2.83. The monoisotopic (exact) mass is 484 g/mol. The second-order valence-corrected chi connectivity index (χ2v) is 7.72. The first kappa shape index (κ1) is 24.8. The fourth-order valence-corrected chi connectivity index (χ4v) is 3.39. The Bertz CT molecular complexity index is 1100. The number of amidine groups is 1. The molecule has 0 saturated carbocycles. The van der Waals surface area contributed by atoms with Gasteiger partial charge in [-0.2, -0.15) is 5.10 Å². The minimum absolute atomic E-state index is 0.100. The van der Waals surface area contributed by atoms with Gasteiger partial charge in [-0.15, -0.1) is 5.10 Å². The van der Waals surface area contributed by atoms with E-state index in [2.05, 4.69) is 20.8 Å². The molecule has 1 heterocycles. The topological polar surface area (TPSA) is 128 Å². The van der Waals surface area contributed by atoms with Gasteiger partial charge < -0.3 is 24.8 Å². The molecule has 0 spiro atoms. The molecule has 0 radical (unpaired) electrons. The van der Waals surface area contributed by atoms with Crippen molar-refractivity contribution in [2.75, 3.05) is 30.9 Å². The van der Waals surface area contributed by atoms with Crippen molar-refractivity contribution in [3.05, 3.63) is 53.6 Å². The molecule has 178 valence electrons.